The molecule has 9 heteroatoms. The van der Waals surface area contributed by atoms with Gasteiger partial charge in [-0.2, -0.15) is 18.2 Å². The zero-order valence-corrected chi connectivity index (χ0v) is 12.9. The van der Waals surface area contributed by atoms with E-state index in [4.69, 9.17) is 9.26 Å². The molecule has 0 radical (unpaired) electrons. The number of pyridine rings is 1. The quantitative estimate of drug-likeness (QED) is 0.723. The second-order valence-electron chi connectivity index (χ2n) is 5.13. The molecular weight excluding hydrogens is 339 g/mol. The lowest BCUT2D eigenvalue weighted by molar-refractivity contribution is -0.138. The molecule has 0 saturated heterocycles. The molecule has 2 heterocycles. The monoisotopic (exact) mass is 351 g/mol. The molecule has 25 heavy (non-hydrogen) atoms. The third kappa shape index (κ3) is 3.70. The first-order chi connectivity index (χ1) is 11.9. The normalized spacial score (nSPS) is 11.5. The van der Waals surface area contributed by atoms with E-state index < -0.39 is 17.3 Å². The van der Waals surface area contributed by atoms with Crippen LogP contribution in [0.1, 0.15) is 11.4 Å². The molecular formula is C16H12F3N3O3. The molecule has 0 unspecified atom stereocenters. The van der Waals surface area contributed by atoms with Gasteiger partial charge in [-0.25, -0.2) is 0 Å². The Morgan fingerprint density at radius 3 is 2.52 bits per heavy atom. The van der Waals surface area contributed by atoms with Crippen LogP contribution in [-0.2, 0) is 12.7 Å². The third-order valence-electron chi connectivity index (χ3n) is 3.43. The lowest BCUT2D eigenvalue weighted by Crippen LogP contribution is -2.22. The van der Waals surface area contributed by atoms with Crippen molar-refractivity contribution >= 4 is 0 Å². The molecule has 0 spiro atoms. The fourth-order valence-corrected chi connectivity index (χ4v) is 2.14. The first-order valence-electron chi connectivity index (χ1n) is 7.11. The summed E-state index contributed by atoms with van der Waals surface area (Å²) in [6.45, 7) is -0.234. The average Bonchev–Trinajstić information content (AvgIpc) is 3.04. The van der Waals surface area contributed by atoms with E-state index in [1.54, 1.807) is 24.3 Å². The first-order valence-corrected chi connectivity index (χ1v) is 7.11. The van der Waals surface area contributed by atoms with Crippen LogP contribution in [0.4, 0.5) is 13.2 Å². The van der Waals surface area contributed by atoms with E-state index in [-0.39, 0.29) is 18.3 Å². The van der Waals surface area contributed by atoms with Crippen LogP contribution in [0.15, 0.2) is 51.9 Å². The molecule has 6 nitrogen and oxygen atoms in total. The average molecular weight is 351 g/mol. The van der Waals surface area contributed by atoms with Gasteiger partial charge in [0.25, 0.3) is 11.4 Å². The smallest absolute Gasteiger partial charge is 0.417 e. The van der Waals surface area contributed by atoms with Crippen molar-refractivity contribution in [3.8, 4) is 17.2 Å². The SMILES string of the molecule is COc1ccc(-c2nc(Cn3cc(C(F)(F)F)ccc3=O)no2)cc1. The van der Waals surface area contributed by atoms with Crippen molar-refractivity contribution in [3.63, 3.8) is 0 Å². The highest BCUT2D eigenvalue weighted by atomic mass is 19.4. The summed E-state index contributed by atoms with van der Waals surface area (Å²) in [5.74, 6) is 0.934. The van der Waals surface area contributed by atoms with Crippen LogP contribution < -0.4 is 10.3 Å². The molecule has 0 N–H and O–H groups in total. The fourth-order valence-electron chi connectivity index (χ4n) is 2.14. The number of nitrogens with zero attached hydrogens (tertiary/aromatic N) is 3. The van der Waals surface area contributed by atoms with E-state index in [2.05, 4.69) is 10.1 Å². The van der Waals surface area contributed by atoms with Crippen molar-refractivity contribution in [2.45, 2.75) is 12.7 Å². The van der Waals surface area contributed by atoms with Crippen LogP contribution in [0.5, 0.6) is 5.75 Å². The molecule has 0 atom stereocenters. The van der Waals surface area contributed by atoms with Crippen LogP contribution in [-0.4, -0.2) is 21.8 Å². The molecule has 1 aromatic carbocycles. The molecule has 0 amide bonds. The second kappa shape index (κ2) is 6.42. The Balaban J connectivity index is 1.85. The van der Waals surface area contributed by atoms with Gasteiger partial charge in [0.05, 0.1) is 19.2 Å². The second-order valence-corrected chi connectivity index (χ2v) is 5.13. The number of hydrogen-bond donors (Lipinski definition) is 0. The van der Waals surface area contributed by atoms with E-state index >= 15 is 0 Å². The number of hydrogen-bond acceptors (Lipinski definition) is 5. The maximum absolute atomic E-state index is 12.8. The van der Waals surface area contributed by atoms with Crippen molar-refractivity contribution in [2.24, 2.45) is 0 Å². The molecule has 0 bridgehead atoms. The number of halogens is 3. The van der Waals surface area contributed by atoms with E-state index in [1.165, 1.54) is 7.11 Å². The van der Waals surface area contributed by atoms with Crippen LogP contribution in [0.3, 0.4) is 0 Å². The van der Waals surface area contributed by atoms with Gasteiger partial charge in [-0.3, -0.25) is 4.79 Å². The summed E-state index contributed by atoms with van der Waals surface area (Å²) in [6.07, 6.45) is -3.81. The molecule has 3 rings (SSSR count). The maximum atomic E-state index is 12.8. The van der Waals surface area contributed by atoms with E-state index in [1.807, 2.05) is 0 Å². The van der Waals surface area contributed by atoms with E-state index in [0.29, 0.717) is 11.3 Å². The van der Waals surface area contributed by atoms with Crippen molar-refractivity contribution < 1.29 is 22.4 Å². The molecule has 0 saturated carbocycles. The molecule has 130 valence electrons. The van der Waals surface area contributed by atoms with Gasteiger partial charge in [-0.1, -0.05) is 5.16 Å². The number of aromatic nitrogens is 3. The van der Waals surface area contributed by atoms with E-state index in [9.17, 15) is 18.0 Å². The van der Waals surface area contributed by atoms with Gasteiger partial charge in [0.15, 0.2) is 5.82 Å². The predicted molar refractivity (Wildman–Crippen MR) is 81.1 cm³/mol. The molecule has 0 aliphatic carbocycles. The van der Waals surface area contributed by atoms with Gasteiger partial charge in [0.1, 0.15) is 5.75 Å². The number of ether oxygens (including phenoxy) is 1. The van der Waals surface area contributed by atoms with Crippen LogP contribution in [0.2, 0.25) is 0 Å². The summed E-state index contributed by atoms with van der Waals surface area (Å²) in [5, 5.41) is 3.71. The summed E-state index contributed by atoms with van der Waals surface area (Å²) in [7, 11) is 1.53. The molecule has 3 aromatic rings. The van der Waals surface area contributed by atoms with Crippen molar-refractivity contribution in [3.05, 3.63) is 64.3 Å². The van der Waals surface area contributed by atoms with Gasteiger partial charge in [0, 0.05) is 17.8 Å². The maximum Gasteiger partial charge on any atom is 0.417 e. The Kier molecular flexibility index (Phi) is 4.30. The molecule has 0 fully saturated rings. The van der Waals surface area contributed by atoms with Gasteiger partial charge in [-0.05, 0) is 30.3 Å². The first kappa shape index (κ1) is 16.7. The Labute approximate surface area is 139 Å². The Bertz CT molecular complexity index is 930. The minimum absolute atomic E-state index is 0.0900. The highest BCUT2D eigenvalue weighted by molar-refractivity contribution is 5.54. The highest BCUT2D eigenvalue weighted by Gasteiger charge is 2.31. The van der Waals surface area contributed by atoms with Crippen molar-refractivity contribution in [2.75, 3.05) is 7.11 Å². The molecule has 2 aromatic heterocycles. The van der Waals surface area contributed by atoms with Crippen LogP contribution in [0, 0.1) is 0 Å². The Morgan fingerprint density at radius 2 is 1.88 bits per heavy atom. The Morgan fingerprint density at radius 1 is 1.16 bits per heavy atom. The van der Waals surface area contributed by atoms with Crippen LogP contribution in [0.25, 0.3) is 11.5 Å². The zero-order chi connectivity index (χ0) is 18.0. The lowest BCUT2D eigenvalue weighted by Gasteiger charge is -2.08. The minimum atomic E-state index is -4.54. The number of alkyl halides is 3. The van der Waals surface area contributed by atoms with Gasteiger partial charge >= 0.3 is 6.18 Å². The van der Waals surface area contributed by atoms with Gasteiger partial charge < -0.3 is 13.8 Å². The fraction of sp³-hybridized carbons (Fsp3) is 0.188. The summed E-state index contributed by atoms with van der Waals surface area (Å²) in [4.78, 5) is 15.9. The number of rotatable bonds is 4. The number of methoxy groups -OCH3 is 1. The third-order valence-corrected chi connectivity index (χ3v) is 3.43. The number of benzene rings is 1. The Hall–Kier alpha value is -3.10. The lowest BCUT2D eigenvalue weighted by atomic mass is 10.2. The summed E-state index contributed by atoms with van der Waals surface area (Å²) >= 11 is 0. The molecule has 0 aliphatic heterocycles. The van der Waals surface area contributed by atoms with Gasteiger partial charge in [0.2, 0.25) is 0 Å². The minimum Gasteiger partial charge on any atom is -0.497 e. The van der Waals surface area contributed by atoms with Crippen molar-refractivity contribution in [1.82, 2.24) is 14.7 Å². The van der Waals surface area contributed by atoms with E-state index in [0.717, 1.165) is 22.9 Å². The molecule has 0 aliphatic rings. The highest BCUT2D eigenvalue weighted by Crippen LogP contribution is 2.28. The summed E-state index contributed by atoms with van der Waals surface area (Å²) < 4.78 is 49.3. The van der Waals surface area contributed by atoms with Gasteiger partial charge in [-0.15, -0.1) is 0 Å². The largest absolute Gasteiger partial charge is 0.497 e. The topological polar surface area (TPSA) is 70.2 Å². The predicted octanol–water partition coefficient (Wildman–Crippen LogP) is 2.97. The summed E-state index contributed by atoms with van der Waals surface area (Å²) in [6, 6.07) is 8.40. The zero-order valence-electron chi connectivity index (χ0n) is 12.9. The van der Waals surface area contributed by atoms with Crippen molar-refractivity contribution in [1.29, 1.82) is 0 Å². The summed E-state index contributed by atoms with van der Waals surface area (Å²) in [5.41, 5.74) is -0.897. The van der Waals surface area contributed by atoms with Crippen LogP contribution >= 0.6 is 0 Å². The standard InChI is InChI=1S/C16H12F3N3O3/c1-24-12-5-2-10(3-6-12)15-20-13(21-25-15)9-22-8-11(16(17,18)19)4-7-14(22)23/h2-8H,9H2,1H3.